The molecule has 0 aromatic carbocycles. The van der Waals surface area contributed by atoms with E-state index in [4.69, 9.17) is 0 Å². The molecule has 1 N–H and O–H groups in total. The van der Waals surface area contributed by atoms with E-state index in [0.717, 1.165) is 50.6 Å². The van der Waals surface area contributed by atoms with Crippen LogP contribution in [0.3, 0.4) is 0 Å². The standard InChI is InChI=1S/C15H24N2O2/c1-10(15(19)17-5-3-2-4-6-17)16-14(18)13-8-11-7-12(11)9-13/h10-13H,2-9H2,1H3,(H,16,18). The predicted molar refractivity (Wildman–Crippen MR) is 72.4 cm³/mol. The van der Waals surface area contributed by atoms with Gasteiger partial charge in [0, 0.05) is 19.0 Å². The van der Waals surface area contributed by atoms with Crippen molar-refractivity contribution in [3.05, 3.63) is 0 Å². The number of nitrogens with one attached hydrogen (secondary N) is 1. The van der Waals surface area contributed by atoms with Crippen LogP contribution >= 0.6 is 0 Å². The van der Waals surface area contributed by atoms with Crippen molar-refractivity contribution in [3.63, 3.8) is 0 Å². The molecule has 3 aliphatic rings. The molecule has 1 saturated heterocycles. The normalized spacial score (nSPS) is 34.6. The Morgan fingerprint density at radius 2 is 1.68 bits per heavy atom. The maximum Gasteiger partial charge on any atom is 0.244 e. The molecular weight excluding hydrogens is 240 g/mol. The Bertz CT molecular complexity index is 366. The number of likely N-dealkylation sites (tertiary alicyclic amines) is 1. The Kier molecular flexibility index (Phi) is 3.50. The Hall–Kier alpha value is -1.06. The van der Waals surface area contributed by atoms with Gasteiger partial charge < -0.3 is 10.2 Å². The number of nitrogens with zero attached hydrogens (tertiary/aromatic N) is 1. The minimum atomic E-state index is -0.359. The summed E-state index contributed by atoms with van der Waals surface area (Å²) in [5.74, 6) is 1.98. The van der Waals surface area contributed by atoms with Crippen molar-refractivity contribution in [1.29, 1.82) is 0 Å². The van der Waals surface area contributed by atoms with Crippen molar-refractivity contribution < 1.29 is 9.59 Å². The molecule has 3 unspecified atom stereocenters. The first-order valence-corrected chi connectivity index (χ1v) is 7.74. The number of amides is 2. The van der Waals surface area contributed by atoms with Crippen LogP contribution in [0.4, 0.5) is 0 Å². The topological polar surface area (TPSA) is 49.4 Å². The van der Waals surface area contributed by atoms with Gasteiger partial charge >= 0.3 is 0 Å². The maximum atomic E-state index is 12.2. The highest BCUT2D eigenvalue weighted by Crippen LogP contribution is 2.54. The van der Waals surface area contributed by atoms with Crippen molar-refractivity contribution in [1.82, 2.24) is 10.2 Å². The van der Waals surface area contributed by atoms with E-state index in [-0.39, 0.29) is 23.8 Å². The third-order valence-electron chi connectivity index (χ3n) is 5.01. The molecule has 4 heteroatoms. The SMILES string of the molecule is CC(NC(=O)C1CC2CC2C1)C(=O)N1CCCCC1. The minimum Gasteiger partial charge on any atom is -0.344 e. The van der Waals surface area contributed by atoms with Crippen molar-refractivity contribution >= 4 is 11.8 Å². The largest absolute Gasteiger partial charge is 0.344 e. The van der Waals surface area contributed by atoms with Gasteiger partial charge in [-0.1, -0.05) is 0 Å². The number of hydrogen-bond acceptors (Lipinski definition) is 2. The van der Waals surface area contributed by atoms with Gasteiger partial charge in [-0.25, -0.2) is 0 Å². The molecule has 1 aliphatic heterocycles. The second-order valence-corrected chi connectivity index (χ2v) is 6.54. The lowest BCUT2D eigenvalue weighted by atomic mass is 10.0. The molecule has 2 aliphatic carbocycles. The number of hydrogen-bond donors (Lipinski definition) is 1. The molecule has 3 rings (SSSR count). The average Bonchev–Trinajstić information content (AvgIpc) is 3.05. The average molecular weight is 264 g/mol. The zero-order valence-electron chi connectivity index (χ0n) is 11.7. The third-order valence-corrected chi connectivity index (χ3v) is 5.01. The van der Waals surface area contributed by atoms with E-state index in [1.54, 1.807) is 0 Å². The summed E-state index contributed by atoms with van der Waals surface area (Å²) in [4.78, 5) is 26.3. The van der Waals surface area contributed by atoms with Crippen LogP contribution in [0, 0.1) is 17.8 Å². The second-order valence-electron chi connectivity index (χ2n) is 6.54. The third kappa shape index (κ3) is 2.77. The highest BCUT2D eigenvalue weighted by atomic mass is 16.2. The number of fused-ring (bicyclic) bond motifs is 1. The lowest BCUT2D eigenvalue weighted by Gasteiger charge is -2.29. The molecule has 106 valence electrons. The summed E-state index contributed by atoms with van der Waals surface area (Å²) >= 11 is 0. The zero-order chi connectivity index (χ0) is 13.4. The first kappa shape index (κ1) is 12.9. The number of carbonyl (C=O) groups excluding carboxylic acids is 2. The van der Waals surface area contributed by atoms with Gasteiger partial charge in [0.2, 0.25) is 11.8 Å². The van der Waals surface area contributed by atoms with E-state index in [1.807, 2.05) is 11.8 Å². The van der Waals surface area contributed by atoms with Crippen LogP contribution in [0.1, 0.15) is 45.4 Å². The molecule has 4 nitrogen and oxygen atoms in total. The number of rotatable bonds is 3. The van der Waals surface area contributed by atoms with Crippen molar-refractivity contribution in [2.24, 2.45) is 17.8 Å². The first-order valence-electron chi connectivity index (χ1n) is 7.74. The predicted octanol–water partition coefficient (Wildman–Crippen LogP) is 1.55. The van der Waals surface area contributed by atoms with Crippen LogP contribution < -0.4 is 5.32 Å². The van der Waals surface area contributed by atoms with Crippen LogP contribution in [0.5, 0.6) is 0 Å². The molecule has 3 atom stereocenters. The molecule has 19 heavy (non-hydrogen) atoms. The Labute approximate surface area is 114 Å². The molecule has 2 amide bonds. The molecule has 0 aromatic rings. The number of piperidine rings is 1. The van der Waals surface area contributed by atoms with Gasteiger partial charge in [0.05, 0.1) is 0 Å². The summed E-state index contributed by atoms with van der Waals surface area (Å²) < 4.78 is 0. The van der Waals surface area contributed by atoms with Crippen LogP contribution in [0.2, 0.25) is 0 Å². The zero-order valence-corrected chi connectivity index (χ0v) is 11.7. The van der Waals surface area contributed by atoms with Gasteiger partial charge in [-0.3, -0.25) is 9.59 Å². The Balaban J connectivity index is 1.48. The Morgan fingerprint density at radius 1 is 1.05 bits per heavy atom. The molecule has 3 fully saturated rings. The summed E-state index contributed by atoms with van der Waals surface area (Å²) in [6, 6.07) is -0.359. The van der Waals surface area contributed by atoms with E-state index in [9.17, 15) is 9.59 Å². The Morgan fingerprint density at radius 3 is 2.32 bits per heavy atom. The summed E-state index contributed by atoms with van der Waals surface area (Å²) in [6.07, 6.45) is 6.82. The molecule has 1 heterocycles. The fourth-order valence-corrected chi connectivity index (χ4v) is 3.71. The fourth-order valence-electron chi connectivity index (χ4n) is 3.71. The van der Waals surface area contributed by atoms with Gasteiger partial charge in [-0.15, -0.1) is 0 Å². The summed E-state index contributed by atoms with van der Waals surface area (Å²) in [5, 5.41) is 2.93. The summed E-state index contributed by atoms with van der Waals surface area (Å²) in [5.41, 5.74) is 0. The van der Waals surface area contributed by atoms with Crippen LogP contribution in [-0.2, 0) is 9.59 Å². The van der Waals surface area contributed by atoms with Crippen molar-refractivity contribution in [3.8, 4) is 0 Å². The minimum absolute atomic E-state index is 0.0937. The fraction of sp³-hybridized carbons (Fsp3) is 0.867. The lowest BCUT2D eigenvalue weighted by molar-refractivity contribution is -0.137. The first-order chi connectivity index (χ1) is 9.15. The van der Waals surface area contributed by atoms with E-state index < -0.39 is 0 Å². The smallest absolute Gasteiger partial charge is 0.244 e. The highest BCUT2D eigenvalue weighted by molar-refractivity contribution is 5.88. The quantitative estimate of drug-likeness (QED) is 0.841. The second kappa shape index (κ2) is 5.14. The van der Waals surface area contributed by atoms with E-state index in [2.05, 4.69) is 5.32 Å². The maximum absolute atomic E-state index is 12.2. The molecule has 2 saturated carbocycles. The summed E-state index contributed by atoms with van der Waals surface area (Å²) in [6.45, 7) is 3.53. The van der Waals surface area contributed by atoms with E-state index >= 15 is 0 Å². The van der Waals surface area contributed by atoms with Crippen molar-refractivity contribution in [2.45, 2.75) is 51.5 Å². The van der Waals surface area contributed by atoms with E-state index in [1.165, 1.54) is 12.8 Å². The lowest BCUT2D eigenvalue weighted by Crippen LogP contribution is -2.49. The van der Waals surface area contributed by atoms with Gasteiger partial charge in [-0.05, 0) is 57.3 Å². The molecule has 0 aromatic heterocycles. The van der Waals surface area contributed by atoms with E-state index in [0.29, 0.717) is 0 Å². The molecule has 0 radical (unpaired) electrons. The van der Waals surface area contributed by atoms with Crippen LogP contribution in [0.15, 0.2) is 0 Å². The molecule has 0 bridgehead atoms. The summed E-state index contributed by atoms with van der Waals surface area (Å²) in [7, 11) is 0. The monoisotopic (exact) mass is 264 g/mol. The van der Waals surface area contributed by atoms with Crippen LogP contribution in [-0.4, -0.2) is 35.8 Å². The van der Waals surface area contributed by atoms with Gasteiger partial charge in [0.15, 0.2) is 0 Å². The van der Waals surface area contributed by atoms with Gasteiger partial charge in [0.25, 0.3) is 0 Å². The molecule has 0 spiro atoms. The van der Waals surface area contributed by atoms with Crippen molar-refractivity contribution in [2.75, 3.05) is 13.1 Å². The number of carbonyl (C=O) groups is 2. The highest BCUT2D eigenvalue weighted by Gasteiger charge is 2.48. The van der Waals surface area contributed by atoms with Gasteiger partial charge in [0.1, 0.15) is 6.04 Å². The molecular formula is C15H24N2O2. The van der Waals surface area contributed by atoms with Gasteiger partial charge in [-0.2, -0.15) is 0 Å². The van der Waals surface area contributed by atoms with Crippen LogP contribution in [0.25, 0.3) is 0 Å².